The van der Waals surface area contributed by atoms with E-state index in [9.17, 15) is 9.59 Å². The average molecular weight is 364 g/mol. The smallest absolute Gasteiger partial charge is 0.262 e. The van der Waals surface area contributed by atoms with Crippen LogP contribution in [0.1, 0.15) is 28.8 Å². The molecule has 1 N–H and O–H groups in total. The van der Waals surface area contributed by atoms with Gasteiger partial charge < -0.3 is 5.32 Å². The van der Waals surface area contributed by atoms with Crippen LogP contribution in [0.2, 0.25) is 0 Å². The standard InChI is InChI=1S/C19H16N4O2S/c20-9-12-5-7-13(8-6-12)22-16(24)10-23-11-21-18-17(19(23)25)14-3-1-2-4-15(14)26-18/h5-8,11H,1-4,10H2,(H,22,24). The van der Waals surface area contributed by atoms with E-state index in [0.717, 1.165) is 36.1 Å². The van der Waals surface area contributed by atoms with Crippen molar-refractivity contribution < 1.29 is 4.79 Å². The molecule has 4 rings (SSSR count). The Morgan fingerprint density at radius 3 is 2.81 bits per heavy atom. The van der Waals surface area contributed by atoms with E-state index in [4.69, 9.17) is 5.26 Å². The molecule has 1 aliphatic carbocycles. The van der Waals surface area contributed by atoms with E-state index in [0.29, 0.717) is 16.6 Å². The maximum Gasteiger partial charge on any atom is 0.262 e. The van der Waals surface area contributed by atoms with Crippen molar-refractivity contribution in [1.82, 2.24) is 9.55 Å². The second kappa shape index (κ2) is 6.73. The number of thiophene rings is 1. The van der Waals surface area contributed by atoms with Crippen LogP contribution in [0.15, 0.2) is 35.4 Å². The molecule has 1 aromatic carbocycles. The van der Waals surface area contributed by atoms with Crippen LogP contribution in [0.4, 0.5) is 5.69 Å². The van der Waals surface area contributed by atoms with Gasteiger partial charge in [0.05, 0.1) is 23.3 Å². The van der Waals surface area contributed by atoms with Gasteiger partial charge in [-0.25, -0.2) is 4.98 Å². The summed E-state index contributed by atoms with van der Waals surface area (Å²) in [5.74, 6) is -0.304. The summed E-state index contributed by atoms with van der Waals surface area (Å²) in [5, 5.41) is 12.2. The number of carbonyl (C=O) groups is 1. The summed E-state index contributed by atoms with van der Waals surface area (Å²) >= 11 is 1.60. The summed E-state index contributed by atoms with van der Waals surface area (Å²) in [4.78, 5) is 31.6. The first-order valence-corrected chi connectivity index (χ1v) is 9.27. The molecule has 1 aliphatic rings. The summed E-state index contributed by atoms with van der Waals surface area (Å²) in [5.41, 5.74) is 2.08. The number of rotatable bonds is 3. The lowest BCUT2D eigenvalue weighted by molar-refractivity contribution is -0.116. The molecule has 0 aliphatic heterocycles. The van der Waals surface area contributed by atoms with Gasteiger partial charge in [-0.05, 0) is 55.5 Å². The van der Waals surface area contributed by atoms with E-state index in [-0.39, 0.29) is 18.0 Å². The van der Waals surface area contributed by atoms with E-state index in [2.05, 4.69) is 10.3 Å². The maximum absolute atomic E-state index is 12.8. The highest BCUT2D eigenvalue weighted by atomic mass is 32.1. The molecule has 0 bridgehead atoms. The van der Waals surface area contributed by atoms with Crippen molar-refractivity contribution in [2.24, 2.45) is 0 Å². The largest absolute Gasteiger partial charge is 0.325 e. The van der Waals surface area contributed by atoms with Crippen molar-refractivity contribution in [3.8, 4) is 6.07 Å². The van der Waals surface area contributed by atoms with Crippen LogP contribution < -0.4 is 10.9 Å². The average Bonchev–Trinajstić information content (AvgIpc) is 3.04. The van der Waals surface area contributed by atoms with Gasteiger partial charge in [-0.2, -0.15) is 5.26 Å². The van der Waals surface area contributed by atoms with Crippen LogP contribution in [0, 0.1) is 11.3 Å². The van der Waals surface area contributed by atoms with Gasteiger partial charge >= 0.3 is 0 Å². The Morgan fingerprint density at radius 2 is 2.04 bits per heavy atom. The zero-order valence-electron chi connectivity index (χ0n) is 14.0. The number of fused-ring (bicyclic) bond motifs is 3. The van der Waals surface area contributed by atoms with Crippen molar-refractivity contribution in [1.29, 1.82) is 5.26 Å². The molecule has 0 saturated heterocycles. The highest BCUT2D eigenvalue weighted by molar-refractivity contribution is 7.18. The minimum absolute atomic E-state index is 0.0909. The number of hydrogen-bond donors (Lipinski definition) is 1. The Morgan fingerprint density at radius 1 is 1.27 bits per heavy atom. The number of aromatic nitrogens is 2. The fourth-order valence-corrected chi connectivity index (χ4v) is 4.50. The Hall–Kier alpha value is -2.98. The first-order valence-electron chi connectivity index (χ1n) is 8.45. The number of nitrogens with one attached hydrogen (secondary N) is 1. The molecule has 1 amide bonds. The summed E-state index contributed by atoms with van der Waals surface area (Å²) in [6.07, 6.45) is 5.61. The van der Waals surface area contributed by atoms with E-state index >= 15 is 0 Å². The van der Waals surface area contributed by atoms with E-state index in [1.54, 1.807) is 35.6 Å². The summed E-state index contributed by atoms with van der Waals surface area (Å²) in [6.45, 7) is -0.0909. The van der Waals surface area contributed by atoms with Gasteiger partial charge in [-0.3, -0.25) is 14.2 Å². The molecule has 0 atom stereocenters. The van der Waals surface area contributed by atoms with Crippen LogP contribution in [-0.2, 0) is 24.2 Å². The SMILES string of the molecule is N#Cc1ccc(NC(=O)Cn2cnc3sc4c(c3c2=O)CCCC4)cc1. The first-order chi connectivity index (χ1) is 12.7. The number of aryl methyl sites for hydroxylation is 2. The molecule has 0 saturated carbocycles. The quantitative estimate of drug-likeness (QED) is 0.774. The lowest BCUT2D eigenvalue weighted by atomic mass is 9.97. The number of nitriles is 1. The van der Waals surface area contributed by atoms with Crippen LogP contribution in [0.5, 0.6) is 0 Å². The van der Waals surface area contributed by atoms with Gasteiger partial charge in [-0.15, -0.1) is 11.3 Å². The molecule has 6 nitrogen and oxygen atoms in total. The van der Waals surface area contributed by atoms with Gasteiger partial charge in [0.25, 0.3) is 5.56 Å². The number of amides is 1. The minimum atomic E-state index is -0.304. The number of nitrogens with zero attached hydrogens (tertiary/aromatic N) is 3. The molecule has 2 heterocycles. The molecular weight excluding hydrogens is 348 g/mol. The predicted molar refractivity (Wildman–Crippen MR) is 100 cm³/mol. The topological polar surface area (TPSA) is 87.8 Å². The Bertz CT molecular complexity index is 1090. The van der Waals surface area contributed by atoms with Gasteiger partial charge in [0.1, 0.15) is 11.4 Å². The monoisotopic (exact) mass is 364 g/mol. The van der Waals surface area contributed by atoms with Crippen LogP contribution in [-0.4, -0.2) is 15.5 Å². The number of hydrogen-bond acceptors (Lipinski definition) is 5. The molecule has 3 aromatic rings. The number of benzene rings is 1. The highest BCUT2D eigenvalue weighted by Gasteiger charge is 2.20. The number of carbonyl (C=O) groups excluding carboxylic acids is 1. The third kappa shape index (κ3) is 3.00. The zero-order valence-corrected chi connectivity index (χ0v) is 14.8. The van der Waals surface area contributed by atoms with Crippen LogP contribution >= 0.6 is 11.3 Å². The molecule has 130 valence electrons. The molecule has 0 unspecified atom stereocenters. The number of anilines is 1. The van der Waals surface area contributed by atoms with Crippen molar-refractivity contribution >= 4 is 33.1 Å². The summed E-state index contributed by atoms with van der Waals surface area (Å²) < 4.78 is 1.36. The van der Waals surface area contributed by atoms with Crippen molar-refractivity contribution in [2.75, 3.05) is 5.32 Å². The van der Waals surface area contributed by atoms with Crippen LogP contribution in [0.25, 0.3) is 10.2 Å². The van der Waals surface area contributed by atoms with E-state index in [1.165, 1.54) is 15.8 Å². The van der Waals surface area contributed by atoms with Crippen molar-refractivity contribution in [2.45, 2.75) is 32.2 Å². The highest BCUT2D eigenvalue weighted by Crippen LogP contribution is 2.33. The molecule has 0 radical (unpaired) electrons. The first kappa shape index (κ1) is 16.5. The predicted octanol–water partition coefficient (Wildman–Crippen LogP) is 2.85. The zero-order chi connectivity index (χ0) is 18.1. The van der Waals surface area contributed by atoms with E-state index < -0.39 is 0 Å². The van der Waals surface area contributed by atoms with Crippen molar-refractivity contribution in [3.63, 3.8) is 0 Å². The van der Waals surface area contributed by atoms with Gasteiger partial charge in [0.2, 0.25) is 5.91 Å². The Labute approximate surface area is 153 Å². The molecule has 7 heteroatoms. The molecular formula is C19H16N4O2S. The fourth-order valence-electron chi connectivity index (χ4n) is 3.28. The minimum Gasteiger partial charge on any atom is -0.325 e. The molecule has 0 spiro atoms. The lowest BCUT2D eigenvalue weighted by Crippen LogP contribution is -2.28. The molecule has 0 fully saturated rings. The summed E-state index contributed by atoms with van der Waals surface area (Å²) in [6, 6.07) is 8.62. The second-order valence-corrected chi connectivity index (χ2v) is 7.39. The maximum atomic E-state index is 12.8. The van der Waals surface area contributed by atoms with Gasteiger partial charge in [0, 0.05) is 10.6 Å². The van der Waals surface area contributed by atoms with Gasteiger partial charge in [0.15, 0.2) is 0 Å². The second-order valence-electron chi connectivity index (χ2n) is 6.31. The third-order valence-corrected chi connectivity index (χ3v) is 5.75. The van der Waals surface area contributed by atoms with Gasteiger partial charge in [-0.1, -0.05) is 0 Å². The lowest BCUT2D eigenvalue weighted by Gasteiger charge is -2.10. The van der Waals surface area contributed by atoms with Crippen molar-refractivity contribution in [3.05, 3.63) is 57.0 Å². The Balaban J connectivity index is 1.58. The normalized spacial score (nSPS) is 13.2. The molecule has 26 heavy (non-hydrogen) atoms. The Kier molecular flexibility index (Phi) is 4.27. The molecule has 2 aromatic heterocycles. The third-order valence-electron chi connectivity index (χ3n) is 4.55. The summed E-state index contributed by atoms with van der Waals surface area (Å²) in [7, 11) is 0. The van der Waals surface area contributed by atoms with E-state index in [1.807, 2.05) is 6.07 Å². The van der Waals surface area contributed by atoms with Crippen LogP contribution in [0.3, 0.4) is 0 Å². The fraction of sp³-hybridized carbons (Fsp3) is 0.263.